The molecule has 2 nitrogen and oxygen atoms in total. The van der Waals surface area contributed by atoms with Gasteiger partial charge in [0.05, 0.1) is 5.41 Å². The molecule has 0 N–H and O–H groups in total. The van der Waals surface area contributed by atoms with E-state index in [2.05, 4.69) is 6.07 Å². The molecule has 1 fully saturated rings. The molecule has 3 heteroatoms. The fourth-order valence-electron chi connectivity index (χ4n) is 2.23. The van der Waals surface area contributed by atoms with Crippen molar-refractivity contribution in [2.75, 3.05) is 13.1 Å². The first-order valence-electron chi connectivity index (χ1n) is 5.96. The van der Waals surface area contributed by atoms with Crippen molar-refractivity contribution in [2.24, 2.45) is 0 Å². The van der Waals surface area contributed by atoms with E-state index < -0.39 is 0 Å². The number of piperidine rings is 1. The Balaban J connectivity index is 2.13. The van der Waals surface area contributed by atoms with Gasteiger partial charge in [0.15, 0.2) is 0 Å². The summed E-state index contributed by atoms with van der Waals surface area (Å²) in [6.45, 7) is 5.95. The number of hydrogen-bond acceptors (Lipinski definition) is 2. The van der Waals surface area contributed by atoms with E-state index in [1.54, 1.807) is 11.3 Å². The molecule has 0 unspecified atom stereocenters. The van der Waals surface area contributed by atoms with E-state index in [9.17, 15) is 4.79 Å². The Bertz CT molecular complexity index is 350. The Morgan fingerprint density at radius 2 is 2.00 bits per heavy atom. The van der Waals surface area contributed by atoms with Crippen LogP contribution in [-0.2, 0) is 10.2 Å². The highest BCUT2D eigenvalue weighted by molar-refractivity contribution is 7.10. The summed E-state index contributed by atoms with van der Waals surface area (Å²) in [5.74, 6) is 0.287. The molecule has 1 aliphatic rings. The molecular formula is C13H19NOS. The Morgan fingerprint density at radius 3 is 2.56 bits per heavy atom. The van der Waals surface area contributed by atoms with Crippen LogP contribution < -0.4 is 0 Å². The number of rotatable bonds is 2. The zero-order valence-corrected chi connectivity index (χ0v) is 10.8. The Morgan fingerprint density at radius 1 is 1.31 bits per heavy atom. The first kappa shape index (κ1) is 11.6. The average Bonchev–Trinajstić information content (AvgIpc) is 2.83. The Hall–Kier alpha value is -0.830. The van der Waals surface area contributed by atoms with Crippen molar-refractivity contribution in [3.63, 3.8) is 0 Å². The topological polar surface area (TPSA) is 20.3 Å². The summed E-state index contributed by atoms with van der Waals surface area (Å²) in [7, 11) is 0. The molecule has 2 heterocycles. The number of thiophene rings is 1. The lowest BCUT2D eigenvalue weighted by molar-refractivity contribution is -0.137. The second-order valence-electron chi connectivity index (χ2n) is 4.96. The zero-order chi connectivity index (χ0) is 11.6. The van der Waals surface area contributed by atoms with Crippen LogP contribution in [0.15, 0.2) is 17.5 Å². The van der Waals surface area contributed by atoms with E-state index in [-0.39, 0.29) is 11.3 Å². The SMILES string of the molecule is CC(C)(C(=O)N1CCCCC1)c1cccs1. The van der Waals surface area contributed by atoms with Gasteiger partial charge in [0, 0.05) is 18.0 Å². The van der Waals surface area contributed by atoms with Gasteiger partial charge in [-0.1, -0.05) is 6.07 Å². The van der Waals surface area contributed by atoms with E-state index in [0.717, 1.165) is 25.9 Å². The molecule has 0 bridgehead atoms. The van der Waals surface area contributed by atoms with Crippen molar-refractivity contribution in [2.45, 2.75) is 38.5 Å². The lowest BCUT2D eigenvalue weighted by Crippen LogP contribution is -2.45. The van der Waals surface area contributed by atoms with E-state index >= 15 is 0 Å². The molecule has 0 aliphatic carbocycles. The highest BCUT2D eigenvalue weighted by Gasteiger charge is 2.34. The van der Waals surface area contributed by atoms with Crippen LogP contribution in [0.3, 0.4) is 0 Å². The molecule has 1 aliphatic heterocycles. The van der Waals surface area contributed by atoms with Crippen molar-refractivity contribution in [1.29, 1.82) is 0 Å². The third-order valence-electron chi connectivity index (χ3n) is 3.32. The molecule has 1 saturated heterocycles. The molecule has 1 aromatic rings. The van der Waals surface area contributed by atoms with E-state index in [4.69, 9.17) is 0 Å². The maximum absolute atomic E-state index is 12.5. The van der Waals surface area contributed by atoms with Gasteiger partial charge in [0.25, 0.3) is 0 Å². The van der Waals surface area contributed by atoms with Crippen LogP contribution in [0.2, 0.25) is 0 Å². The first-order valence-corrected chi connectivity index (χ1v) is 6.84. The Labute approximate surface area is 101 Å². The van der Waals surface area contributed by atoms with Gasteiger partial charge in [-0.05, 0) is 44.6 Å². The fraction of sp³-hybridized carbons (Fsp3) is 0.615. The molecule has 0 saturated carbocycles. The van der Waals surface area contributed by atoms with Crippen LogP contribution in [-0.4, -0.2) is 23.9 Å². The second-order valence-corrected chi connectivity index (χ2v) is 5.90. The van der Waals surface area contributed by atoms with E-state index in [0.29, 0.717) is 0 Å². The summed E-state index contributed by atoms with van der Waals surface area (Å²) in [6.07, 6.45) is 3.59. The summed E-state index contributed by atoms with van der Waals surface area (Å²) in [4.78, 5) is 15.7. The lowest BCUT2D eigenvalue weighted by atomic mass is 9.89. The number of carbonyl (C=O) groups excluding carboxylic acids is 1. The molecule has 0 spiro atoms. The van der Waals surface area contributed by atoms with Crippen LogP contribution in [0.25, 0.3) is 0 Å². The van der Waals surface area contributed by atoms with Gasteiger partial charge >= 0.3 is 0 Å². The highest BCUT2D eigenvalue weighted by atomic mass is 32.1. The number of nitrogens with zero attached hydrogens (tertiary/aromatic N) is 1. The van der Waals surface area contributed by atoms with Crippen molar-refractivity contribution >= 4 is 17.2 Å². The molecular weight excluding hydrogens is 218 g/mol. The van der Waals surface area contributed by atoms with Crippen molar-refractivity contribution in [3.05, 3.63) is 22.4 Å². The van der Waals surface area contributed by atoms with Gasteiger partial charge in [0.2, 0.25) is 5.91 Å². The molecule has 2 rings (SSSR count). The van der Waals surface area contributed by atoms with Gasteiger partial charge in [-0.15, -0.1) is 11.3 Å². The standard InChI is InChI=1S/C13H19NOS/c1-13(2,11-7-6-10-16-11)12(15)14-8-4-3-5-9-14/h6-7,10H,3-5,8-9H2,1-2H3. The van der Waals surface area contributed by atoms with Crippen molar-refractivity contribution in [3.8, 4) is 0 Å². The smallest absolute Gasteiger partial charge is 0.233 e. The first-order chi connectivity index (χ1) is 7.62. The summed E-state index contributed by atoms with van der Waals surface area (Å²) in [5.41, 5.74) is -0.356. The van der Waals surface area contributed by atoms with Crippen LogP contribution in [0, 0.1) is 0 Å². The number of carbonyl (C=O) groups is 1. The lowest BCUT2D eigenvalue weighted by Gasteiger charge is -2.33. The Kier molecular flexibility index (Phi) is 3.33. The van der Waals surface area contributed by atoms with Gasteiger partial charge in [-0.2, -0.15) is 0 Å². The van der Waals surface area contributed by atoms with E-state index in [1.807, 2.05) is 30.2 Å². The fourth-order valence-corrected chi connectivity index (χ4v) is 3.07. The van der Waals surface area contributed by atoms with Crippen molar-refractivity contribution < 1.29 is 4.79 Å². The summed E-state index contributed by atoms with van der Waals surface area (Å²) in [6, 6.07) is 4.08. The highest BCUT2D eigenvalue weighted by Crippen LogP contribution is 2.30. The number of amides is 1. The number of likely N-dealkylation sites (tertiary alicyclic amines) is 1. The molecule has 88 valence electrons. The zero-order valence-electron chi connectivity index (χ0n) is 10.0. The maximum atomic E-state index is 12.5. The molecule has 0 radical (unpaired) electrons. The summed E-state index contributed by atoms with van der Waals surface area (Å²) in [5, 5.41) is 2.04. The third kappa shape index (κ3) is 2.14. The average molecular weight is 237 g/mol. The van der Waals surface area contributed by atoms with Crippen LogP contribution in [0.1, 0.15) is 38.0 Å². The minimum atomic E-state index is -0.356. The molecule has 0 aromatic carbocycles. The molecule has 1 amide bonds. The summed E-state index contributed by atoms with van der Waals surface area (Å²) < 4.78 is 0. The predicted octanol–water partition coefficient (Wildman–Crippen LogP) is 3.04. The minimum Gasteiger partial charge on any atom is -0.342 e. The van der Waals surface area contributed by atoms with Gasteiger partial charge < -0.3 is 4.90 Å². The number of hydrogen-bond donors (Lipinski definition) is 0. The van der Waals surface area contributed by atoms with Crippen LogP contribution >= 0.6 is 11.3 Å². The minimum absolute atomic E-state index is 0.287. The maximum Gasteiger partial charge on any atom is 0.233 e. The largest absolute Gasteiger partial charge is 0.342 e. The molecule has 1 aromatic heterocycles. The predicted molar refractivity (Wildman–Crippen MR) is 67.8 cm³/mol. The van der Waals surface area contributed by atoms with Crippen molar-refractivity contribution in [1.82, 2.24) is 4.90 Å². The van der Waals surface area contributed by atoms with Gasteiger partial charge in [-0.25, -0.2) is 0 Å². The molecule has 0 atom stereocenters. The van der Waals surface area contributed by atoms with Crippen LogP contribution in [0.5, 0.6) is 0 Å². The summed E-state index contributed by atoms with van der Waals surface area (Å²) >= 11 is 1.67. The van der Waals surface area contributed by atoms with Gasteiger partial charge in [0.1, 0.15) is 0 Å². The monoisotopic (exact) mass is 237 g/mol. The molecule has 16 heavy (non-hydrogen) atoms. The van der Waals surface area contributed by atoms with Gasteiger partial charge in [-0.3, -0.25) is 4.79 Å². The second kappa shape index (κ2) is 4.58. The van der Waals surface area contributed by atoms with Crippen LogP contribution in [0.4, 0.5) is 0 Å². The normalized spacial score (nSPS) is 17.5. The quantitative estimate of drug-likeness (QED) is 0.774. The third-order valence-corrected chi connectivity index (χ3v) is 4.51. The van der Waals surface area contributed by atoms with E-state index in [1.165, 1.54) is 11.3 Å².